The molecule has 2 aliphatic rings. The third kappa shape index (κ3) is 5.53. The van der Waals surface area contributed by atoms with Crippen LogP contribution in [-0.2, 0) is 27.0 Å². The molecule has 2 aromatic carbocycles. The summed E-state index contributed by atoms with van der Waals surface area (Å²) in [5, 5.41) is 4.93. The maximum atomic E-state index is 13.5. The van der Waals surface area contributed by atoms with Crippen molar-refractivity contribution in [3.63, 3.8) is 0 Å². The summed E-state index contributed by atoms with van der Waals surface area (Å²) in [7, 11) is -4.89. The topological polar surface area (TPSA) is 166 Å². The molecular formula is C29H29ClFN7O4S2. The van der Waals surface area contributed by atoms with E-state index in [1.54, 1.807) is 30.6 Å². The highest BCUT2D eigenvalue weighted by molar-refractivity contribution is 7.99. The van der Waals surface area contributed by atoms with Crippen molar-refractivity contribution in [3.8, 4) is 0 Å². The van der Waals surface area contributed by atoms with Crippen molar-refractivity contribution in [2.45, 2.75) is 71.7 Å². The van der Waals surface area contributed by atoms with E-state index in [2.05, 4.69) is 20.1 Å². The lowest BCUT2D eigenvalue weighted by Gasteiger charge is -2.43. The highest BCUT2D eigenvalue weighted by Gasteiger charge is 2.52. The van der Waals surface area contributed by atoms with Gasteiger partial charge in [0.2, 0.25) is 0 Å². The fourth-order valence-electron chi connectivity index (χ4n) is 6.15. The Morgan fingerprint density at radius 1 is 1.18 bits per heavy atom. The van der Waals surface area contributed by atoms with Crippen molar-refractivity contribution in [2.75, 3.05) is 6.61 Å². The van der Waals surface area contributed by atoms with Crippen molar-refractivity contribution in [1.29, 1.82) is 5.53 Å². The van der Waals surface area contributed by atoms with Gasteiger partial charge in [0.25, 0.3) is 5.56 Å². The first-order valence-corrected chi connectivity index (χ1v) is 16.5. The summed E-state index contributed by atoms with van der Waals surface area (Å²) in [5.41, 5.74) is 14.6. The molecule has 6 rings (SSSR count). The predicted molar refractivity (Wildman–Crippen MR) is 162 cm³/mol. The van der Waals surface area contributed by atoms with E-state index in [9.17, 15) is 17.1 Å². The SMILES string of the molecule is C[C@@H]1OCC2(CCC(N=N)(c3cnc(Sc4ccc5ncn(Cc6cccc(S(=O)(=O)F)c6)c(=O)c5c4Cl)cn3)CC2)[C@@H]1N. The summed E-state index contributed by atoms with van der Waals surface area (Å²) in [4.78, 5) is 27.0. The van der Waals surface area contributed by atoms with Crippen LogP contribution in [0.3, 0.4) is 0 Å². The second-order valence-electron chi connectivity index (χ2n) is 11.4. The molecule has 3 heterocycles. The highest BCUT2D eigenvalue weighted by atomic mass is 35.5. The first-order chi connectivity index (χ1) is 20.9. The summed E-state index contributed by atoms with van der Waals surface area (Å²) in [6.07, 6.45) is 7.43. The molecule has 1 spiro atoms. The normalized spacial score (nSPS) is 25.5. The number of aromatic nitrogens is 4. The number of ether oxygens (including phenoxy) is 1. The minimum atomic E-state index is -4.89. The first-order valence-electron chi connectivity index (χ1n) is 13.9. The van der Waals surface area contributed by atoms with E-state index in [4.69, 9.17) is 27.6 Å². The summed E-state index contributed by atoms with van der Waals surface area (Å²) in [6, 6.07) is 8.68. The third-order valence-electron chi connectivity index (χ3n) is 8.88. The molecule has 1 aliphatic heterocycles. The van der Waals surface area contributed by atoms with Gasteiger partial charge in [-0.2, -0.15) is 13.5 Å². The summed E-state index contributed by atoms with van der Waals surface area (Å²) in [6.45, 7) is 2.58. The summed E-state index contributed by atoms with van der Waals surface area (Å²) in [5.74, 6) is 0. The molecule has 11 nitrogen and oxygen atoms in total. The van der Waals surface area contributed by atoms with E-state index in [0.717, 1.165) is 18.9 Å². The molecule has 230 valence electrons. The van der Waals surface area contributed by atoms with E-state index >= 15 is 0 Å². The van der Waals surface area contributed by atoms with Crippen LogP contribution in [0.25, 0.3) is 10.9 Å². The second kappa shape index (κ2) is 11.6. The molecule has 2 atom stereocenters. The Balaban J connectivity index is 1.22. The van der Waals surface area contributed by atoms with Crippen molar-refractivity contribution >= 4 is 44.5 Å². The van der Waals surface area contributed by atoms with Crippen LogP contribution < -0.4 is 11.3 Å². The molecule has 0 unspecified atom stereocenters. The Labute approximate surface area is 262 Å². The molecular weight excluding hydrogens is 629 g/mol. The van der Waals surface area contributed by atoms with Crippen LogP contribution in [0.2, 0.25) is 5.02 Å². The Morgan fingerprint density at radius 2 is 1.95 bits per heavy atom. The number of nitrogens with two attached hydrogens (primary N) is 1. The molecule has 1 saturated heterocycles. The van der Waals surface area contributed by atoms with Crippen LogP contribution in [-0.4, -0.2) is 46.7 Å². The molecule has 4 aromatic rings. The molecule has 15 heteroatoms. The number of halogens is 2. The fourth-order valence-corrected chi connectivity index (χ4v) is 7.80. The van der Waals surface area contributed by atoms with Gasteiger partial charge in [-0.3, -0.25) is 14.3 Å². The van der Waals surface area contributed by atoms with Gasteiger partial charge in [0.1, 0.15) is 10.6 Å². The van der Waals surface area contributed by atoms with Gasteiger partial charge < -0.3 is 10.5 Å². The molecule has 2 aromatic heterocycles. The Hall–Kier alpha value is -3.30. The van der Waals surface area contributed by atoms with Gasteiger partial charge in [-0.25, -0.2) is 15.5 Å². The predicted octanol–water partition coefficient (Wildman–Crippen LogP) is 5.23. The van der Waals surface area contributed by atoms with Crippen LogP contribution in [0.1, 0.15) is 43.9 Å². The summed E-state index contributed by atoms with van der Waals surface area (Å²) >= 11 is 7.95. The quantitative estimate of drug-likeness (QED) is 0.200. The Morgan fingerprint density at radius 3 is 2.59 bits per heavy atom. The van der Waals surface area contributed by atoms with Crippen LogP contribution in [0, 0.1) is 10.9 Å². The number of benzene rings is 2. The first kappa shape index (κ1) is 30.7. The number of nitrogens with one attached hydrogen (secondary N) is 1. The average Bonchev–Trinajstić information content (AvgIpc) is 3.29. The largest absolute Gasteiger partial charge is 0.376 e. The standard InChI is InChI=1S/C29H29ClFN7O4S2/c1-17-26(32)28(15-42-17)7-9-29(37-33,10-8-28)22-12-35-23(13-34-22)43-21-6-5-20-24(25(21)30)27(39)38(16-36-20)14-18-3-2-4-19(11-18)44(31,40)41/h2-6,11-13,16-17,26,33H,7-10,14-15,32H2,1H3/t17-,26+,28?,29?/m0/s1. The molecule has 0 bridgehead atoms. The van der Waals surface area contributed by atoms with E-state index in [-0.39, 0.29) is 34.5 Å². The van der Waals surface area contributed by atoms with Gasteiger partial charge >= 0.3 is 10.2 Å². The number of rotatable bonds is 7. The number of hydrogen-bond acceptors (Lipinski definition) is 11. The zero-order valence-electron chi connectivity index (χ0n) is 23.6. The van der Waals surface area contributed by atoms with Crippen molar-refractivity contribution < 1.29 is 17.0 Å². The Kier molecular flexibility index (Phi) is 8.07. The third-order valence-corrected chi connectivity index (χ3v) is 11.2. The monoisotopic (exact) mass is 657 g/mol. The number of hydrogen-bond donors (Lipinski definition) is 2. The van der Waals surface area contributed by atoms with E-state index < -0.39 is 26.2 Å². The Bertz CT molecular complexity index is 1920. The van der Waals surface area contributed by atoms with Crippen molar-refractivity contribution in [2.24, 2.45) is 16.3 Å². The lowest BCUT2D eigenvalue weighted by Crippen LogP contribution is -2.48. The zero-order valence-corrected chi connectivity index (χ0v) is 26.0. The second-order valence-corrected chi connectivity index (χ2v) is 14.2. The highest BCUT2D eigenvalue weighted by Crippen LogP contribution is 2.51. The van der Waals surface area contributed by atoms with E-state index in [0.29, 0.717) is 46.1 Å². The minimum absolute atomic E-state index is 0.00717. The van der Waals surface area contributed by atoms with Crippen LogP contribution >= 0.6 is 23.4 Å². The summed E-state index contributed by atoms with van der Waals surface area (Å²) < 4.78 is 43.2. The lowest BCUT2D eigenvalue weighted by molar-refractivity contribution is 0.0746. The van der Waals surface area contributed by atoms with Crippen molar-refractivity contribution in [3.05, 3.63) is 81.8 Å². The molecule has 1 saturated carbocycles. The van der Waals surface area contributed by atoms with Crippen LogP contribution in [0.5, 0.6) is 0 Å². The maximum Gasteiger partial charge on any atom is 0.332 e. The van der Waals surface area contributed by atoms with Gasteiger partial charge in [-0.05, 0) is 62.4 Å². The van der Waals surface area contributed by atoms with Gasteiger partial charge in [0, 0.05) is 16.4 Å². The molecule has 0 amide bonds. The maximum absolute atomic E-state index is 13.5. The molecule has 0 radical (unpaired) electrons. The molecule has 1 aliphatic carbocycles. The zero-order chi connectivity index (χ0) is 31.3. The molecule has 2 fully saturated rings. The van der Waals surface area contributed by atoms with Gasteiger partial charge in [0.15, 0.2) is 0 Å². The van der Waals surface area contributed by atoms with Gasteiger partial charge in [0.05, 0.1) is 64.5 Å². The van der Waals surface area contributed by atoms with Crippen molar-refractivity contribution in [1.82, 2.24) is 19.5 Å². The van der Waals surface area contributed by atoms with Gasteiger partial charge in [-0.15, -0.1) is 3.89 Å². The van der Waals surface area contributed by atoms with Crippen LogP contribution in [0.4, 0.5) is 3.89 Å². The molecule has 3 N–H and O–H groups in total. The average molecular weight is 658 g/mol. The van der Waals surface area contributed by atoms with E-state index in [1.165, 1.54) is 34.8 Å². The number of nitrogens with zero attached hydrogens (tertiary/aromatic N) is 5. The minimum Gasteiger partial charge on any atom is -0.376 e. The lowest BCUT2D eigenvalue weighted by atomic mass is 9.64. The van der Waals surface area contributed by atoms with Crippen LogP contribution in [0.15, 0.2) is 79.8 Å². The van der Waals surface area contributed by atoms with Gasteiger partial charge in [-0.1, -0.05) is 35.5 Å². The smallest absolute Gasteiger partial charge is 0.332 e. The molecule has 44 heavy (non-hydrogen) atoms. The number of fused-ring (bicyclic) bond motifs is 1. The fraction of sp³-hybridized carbons (Fsp3) is 0.379. The van der Waals surface area contributed by atoms with E-state index in [1.807, 2.05) is 6.92 Å².